The summed E-state index contributed by atoms with van der Waals surface area (Å²) in [5.41, 5.74) is 5.12. The van der Waals surface area contributed by atoms with Crippen LogP contribution in [0.1, 0.15) is 0 Å². The molecule has 0 saturated carbocycles. The molecule has 1 saturated heterocycles. The van der Waals surface area contributed by atoms with Gasteiger partial charge in [0.1, 0.15) is 0 Å². The fourth-order valence-electron chi connectivity index (χ4n) is 3.27. The van der Waals surface area contributed by atoms with Crippen molar-refractivity contribution in [2.45, 2.75) is 0 Å². The number of nitrogens with zero attached hydrogens (tertiary/aromatic N) is 2. The summed E-state index contributed by atoms with van der Waals surface area (Å²) in [6, 6.07) is 17.6. The summed E-state index contributed by atoms with van der Waals surface area (Å²) in [6.45, 7) is 4.48. The van der Waals surface area contributed by atoms with Crippen LogP contribution >= 0.6 is 0 Å². The lowest BCUT2D eigenvalue weighted by molar-refractivity contribution is 0.313. The lowest BCUT2D eigenvalue weighted by Gasteiger charge is -2.34. The highest BCUT2D eigenvalue weighted by Crippen LogP contribution is 2.30. The lowest BCUT2D eigenvalue weighted by atomic mass is 10.0. The van der Waals surface area contributed by atoms with Crippen molar-refractivity contribution < 1.29 is 0 Å². The molecule has 0 aliphatic carbocycles. The number of likely N-dealkylation sites (N-methyl/N-ethyl adjacent to an activating group) is 1. The van der Waals surface area contributed by atoms with Crippen molar-refractivity contribution in [1.29, 1.82) is 0 Å². The molecule has 0 atom stereocenters. The van der Waals surface area contributed by atoms with E-state index in [2.05, 4.69) is 70.4 Å². The third kappa shape index (κ3) is 2.38. The number of aromatic nitrogens is 1. The molecule has 1 N–H and O–H groups in total. The van der Waals surface area contributed by atoms with E-state index in [1.807, 2.05) is 6.20 Å². The molecule has 112 valence electrons. The zero-order valence-electron chi connectivity index (χ0n) is 12.9. The number of benzene rings is 2. The number of anilines is 1. The third-order valence-electron chi connectivity index (χ3n) is 4.62. The molecule has 0 amide bonds. The summed E-state index contributed by atoms with van der Waals surface area (Å²) < 4.78 is 0. The van der Waals surface area contributed by atoms with Crippen molar-refractivity contribution in [1.82, 2.24) is 9.88 Å². The van der Waals surface area contributed by atoms with Crippen LogP contribution in [0.3, 0.4) is 0 Å². The van der Waals surface area contributed by atoms with Gasteiger partial charge in [0.05, 0.1) is 0 Å². The average molecular weight is 291 g/mol. The second kappa shape index (κ2) is 5.50. The first-order chi connectivity index (χ1) is 10.8. The number of aromatic amines is 1. The molecule has 1 fully saturated rings. The van der Waals surface area contributed by atoms with Gasteiger partial charge < -0.3 is 14.8 Å². The van der Waals surface area contributed by atoms with E-state index < -0.39 is 0 Å². The molecule has 3 nitrogen and oxygen atoms in total. The van der Waals surface area contributed by atoms with Gasteiger partial charge in [0.2, 0.25) is 0 Å². The van der Waals surface area contributed by atoms with Crippen LogP contribution < -0.4 is 4.90 Å². The van der Waals surface area contributed by atoms with E-state index in [0.29, 0.717) is 0 Å². The Morgan fingerprint density at radius 1 is 0.909 bits per heavy atom. The van der Waals surface area contributed by atoms with Crippen molar-refractivity contribution in [3.63, 3.8) is 0 Å². The molecule has 1 aromatic heterocycles. The second-order valence-corrected chi connectivity index (χ2v) is 6.09. The molecular weight excluding hydrogens is 270 g/mol. The van der Waals surface area contributed by atoms with Crippen LogP contribution in [0.2, 0.25) is 0 Å². The normalized spacial score (nSPS) is 16.3. The Morgan fingerprint density at radius 2 is 1.73 bits per heavy atom. The summed E-state index contributed by atoms with van der Waals surface area (Å²) in [4.78, 5) is 8.17. The second-order valence-electron chi connectivity index (χ2n) is 6.09. The van der Waals surface area contributed by atoms with Crippen LogP contribution in [-0.4, -0.2) is 43.1 Å². The van der Waals surface area contributed by atoms with Gasteiger partial charge in [-0.25, -0.2) is 0 Å². The monoisotopic (exact) mass is 291 g/mol. The first kappa shape index (κ1) is 13.4. The van der Waals surface area contributed by atoms with Crippen LogP contribution in [0.15, 0.2) is 54.7 Å². The molecule has 1 aliphatic heterocycles. The van der Waals surface area contributed by atoms with E-state index in [9.17, 15) is 0 Å². The van der Waals surface area contributed by atoms with Gasteiger partial charge in [0, 0.05) is 49.0 Å². The molecule has 0 bridgehead atoms. The Bertz CT molecular complexity index is 782. The van der Waals surface area contributed by atoms with Gasteiger partial charge in [-0.1, -0.05) is 24.3 Å². The van der Waals surface area contributed by atoms with Gasteiger partial charge in [-0.3, -0.25) is 0 Å². The van der Waals surface area contributed by atoms with Gasteiger partial charge in [-0.2, -0.15) is 0 Å². The fraction of sp³-hybridized carbons (Fsp3) is 0.263. The Morgan fingerprint density at radius 3 is 2.59 bits per heavy atom. The Labute approximate surface area is 131 Å². The number of fused-ring (bicyclic) bond motifs is 1. The van der Waals surface area contributed by atoms with Crippen LogP contribution in [0.4, 0.5) is 5.69 Å². The van der Waals surface area contributed by atoms with Gasteiger partial charge in [0.25, 0.3) is 0 Å². The van der Waals surface area contributed by atoms with Crippen molar-refractivity contribution in [3.05, 3.63) is 54.7 Å². The van der Waals surface area contributed by atoms with E-state index >= 15 is 0 Å². The quantitative estimate of drug-likeness (QED) is 0.779. The van der Waals surface area contributed by atoms with Gasteiger partial charge in [0.15, 0.2) is 0 Å². The average Bonchev–Trinajstić information content (AvgIpc) is 3.04. The first-order valence-electron chi connectivity index (χ1n) is 7.91. The largest absolute Gasteiger partial charge is 0.369 e. The summed E-state index contributed by atoms with van der Waals surface area (Å²) in [5.74, 6) is 0. The molecule has 3 aromatic rings. The van der Waals surface area contributed by atoms with E-state index in [4.69, 9.17) is 0 Å². The van der Waals surface area contributed by atoms with Gasteiger partial charge in [-0.05, 0) is 42.4 Å². The predicted octanol–water partition coefficient (Wildman–Crippen LogP) is 3.59. The van der Waals surface area contributed by atoms with Crippen LogP contribution in [-0.2, 0) is 0 Å². The summed E-state index contributed by atoms with van der Waals surface area (Å²) in [6.07, 6.45) is 2.01. The van der Waals surface area contributed by atoms with Crippen molar-refractivity contribution in [3.8, 4) is 11.1 Å². The van der Waals surface area contributed by atoms with Gasteiger partial charge in [-0.15, -0.1) is 0 Å². The number of hydrogen-bond donors (Lipinski definition) is 1. The minimum atomic E-state index is 1.11. The standard InChI is InChI=1S/C19H21N3/c1-21-10-12-22(13-11-21)16-5-2-4-15(14-16)17-6-3-7-19-18(17)8-9-20-19/h2-9,14,20H,10-13H2,1H3. The molecular formula is C19H21N3. The minimum Gasteiger partial charge on any atom is -0.369 e. The van der Waals surface area contributed by atoms with E-state index in [-0.39, 0.29) is 0 Å². The van der Waals surface area contributed by atoms with Crippen molar-refractivity contribution in [2.75, 3.05) is 38.1 Å². The smallest absolute Gasteiger partial charge is 0.0460 e. The highest BCUT2D eigenvalue weighted by Gasteiger charge is 2.15. The van der Waals surface area contributed by atoms with E-state index in [1.54, 1.807) is 0 Å². The highest BCUT2D eigenvalue weighted by molar-refractivity contribution is 5.95. The molecule has 4 rings (SSSR count). The number of piperazine rings is 1. The van der Waals surface area contributed by atoms with Gasteiger partial charge >= 0.3 is 0 Å². The van der Waals surface area contributed by atoms with Crippen molar-refractivity contribution >= 4 is 16.6 Å². The predicted molar refractivity (Wildman–Crippen MR) is 93.4 cm³/mol. The summed E-state index contributed by atoms with van der Waals surface area (Å²) in [7, 11) is 2.19. The minimum absolute atomic E-state index is 1.11. The molecule has 2 heterocycles. The van der Waals surface area contributed by atoms with E-state index in [0.717, 1.165) is 26.2 Å². The topological polar surface area (TPSA) is 22.3 Å². The summed E-state index contributed by atoms with van der Waals surface area (Å²) >= 11 is 0. The molecule has 0 radical (unpaired) electrons. The van der Waals surface area contributed by atoms with Crippen LogP contribution in [0, 0.1) is 0 Å². The Kier molecular flexibility index (Phi) is 3.35. The molecule has 3 heteroatoms. The SMILES string of the molecule is CN1CCN(c2cccc(-c3cccc4[nH]ccc34)c2)CC1. The van der Waals surface area contributed by atoms with Crippen molar-refractivity contribution in [2.24, 2.45) is 0 Å². The molecule has 0 unspecified atom stereocenters. The fourth-order valence-corrected chi connectivity index (χ4v) is 3.27. The number of hydrogen-bond acceptors (Lipinski definition) is 2. The summed E-state index contributed by atoms with van der Waals surface area (Å²) in [5, 5.41) is 1.29. The number of nitrogens with one attached hydrogen (secondary N) is 1. The molecule has 22 heavy (non-hydrogen) atoms. The third-order valence-corrected chi connectivity index (χ3v) is 4.62. The highest BCUT2D eigenvalue weighted by atomic mass is 15.2. The Balaban J connectivity index is 1.71. The van der Waals surface area contributed by atoms with Crippen LogP contribution in [0.25, 0.3) is 22.0 Å². The lowest BCUT2D eigenvalue weighted by Crippen LogP contribution is -2.44. The molecule has 2 aromatic carbocycles. The molecule has 1 aliphatic rings. The number of rotatable bonds is 2. The maximum Gasteiger partial charge on any atom is 0.0460 e. The number of H-pyrrole nitrogens is 1. The van der Waals surface area contributed by atoms with E-state index in [1.165, 1.54) is 27.7 Å². The maximum atomic E-state index is 3.30. The van der Waals surface area contributed by atoms with Crippen LogP contribution in [0.5, 0.6) is 0 Å². The zero-order valence-corrected chi connectivity index (χ0v) is 12.9. The zero-order chi connectivity index (χ0) is 14.9. The molecule has 0 spiro atoms. The maximum absolute atomic E-state index is 3.30. The Hall–Kier alpha value is -2.26. The first-order valence-corrected chi connectivity index (χ1v) is 7.91.